The minimum atomic E-state index is -0.898. The third-order valence-corrected chi connectivity index (χ3v) is 3.61. The largest absolute Gasteiger partial charge is 0.491 e. The number of hydrogen-bond acceptors (Lipinski definition) is 5. The lowest BCUT2D eigenvalue weighted by Crippen LogP contribution is -2.35. The van der Waals surface area contributed by atoms with Crippen molar-refractivity contribution in [1.29, 1.82) is 0 Å². The molecule has 0 radical (unpaired) electrons. The number of aliphatic hydroxyl groups is 1. The third kappa shape index (κ3) is 5.29. The molecule has 0 aliphatic heterocycles. The van der Waals surface area contributed by atoms with Crippen molar-refractivity contribution in [3.63, 3.8) is 0 Å². The molecular formula is C18H20N2O5. The molecule has 0 aliphatic carbocycles. The van der Waals surface area contributed by atoms with Gasteiger partial charge in [-0.3, -0.25) is 14.9 Å². The van der Waals surface area contributed by atoms with Gasteiger partial charge in [0.1, 0.15) is 18.5 Å². The first kappa shape index (κ1) is 18.4. The van der Waals surface area contributed by atoms with Crippen LogP contribution >= 0.6 is 0 Å². The van der Waals surface area contributed by atoms with Crippen LogP contribution in [-0.2, 0) is 0 Å². The van der Waals surface area contributed by atoms with Crippen LogP contribution in [0.3, 0.4) is 0 Å². The average molecular weight is 344 g/mol. The molecule has 1 atom stereocenters. The zero-order valence-corrected chi connectivity index (χ0v) is 14.1. The van der Waals surface area contributed by atoms with E-state index in [2.05, 4.69) is 5.32 Å². The summed E-state index contributed by atoms with van der Waals surface area (Å²) in [5, 5.41) is 23.1. The molecule has 1 amide bonds. The zero-order valence-electron chi connectivity index (χ0n) is 14.1. The van der Waals surface area contributed by atoms with Crippen LogP contribution in [0, 0.1) is 24.0 Å². The first-order valence-corrected chi connectivity index (χ1v) is 7.77. The molecule has 7 heteroatoms. The van der Waals surface area contributed by atoms with Crippen LogP contribution in [0.2, 0.25) is 0 Å². The number of aryl methyl sites for hydroxylation is 2. The van der Waals surface area contributed by atoms with Gasteiger partial charge in [-0.05, 0) is 37.6 Å². The van der Waals surface area contributed by atoms with Crippen LogP contribution in [0.1, 0.15) is 21.5 Å². The number of ether oxygens (including phenoxy) is 1. The van der Waals surface area contributed by atoms with Crippen molar-refractivity contribution in [2.24, 2.45) is 0 Å². The first-order valence-electron chi connectivity index (χ1n) is 7.77. The smallest absolute Gasteiger partial charge is 0.269 e. The lowest BCUT2D eigenvalue weighted by atomic mass is 10.1. The van der Waals surface area contributed by atoms with Crippen LogP contribution in [0.4, 0.5) is 5.69 Å². The van der Waals surface area contributed by atoms with E-state index in [0.29, 0.717) is 11.3 Å². The number of non-ortho nitro benzene ring substituents is 1. The molecule has 0 saturated carbocycles. The Morgan fingerprint density at radius 1 is 1.24 bits per heavy atom. The van der Waals surface area contributed by atoms with Gasteiger partial charge in [-0.2, -0.15) is 0 Å². The average Bonchev–Trinajstić information content (AvgIpc) is 2.58. The number of rotatable bonds is 7. The number of nitrogens with zero attached hydrogens (tertiary/aromatic N) is 1. The fraction of sp³-hybridized carbons (Fsp3) is 0.278. The normalized spacial score (nSPS) is 11.6. The Balaban J connectivity index is 1.81. The van der Waals surface area contributed by atoms with Crippen molar-refractivity contribution in [1.82, 2.24) is 5.32 Å². The highest BCUT2D eigenvalue weighted by molar-refractivity contribution is 5.95. The molecule has 25 heavy (non-hydrogen) atoms. The highest BCUT2D eigenvalue weighted by Crippen LogP contribution is 2.17. The quantitative estimate of drug-likeness (QED) is 0.593. The van der Waals surface area contributed by atoms with Crippen molar-refractivity contribution in [2.75, 3.05) is 13.2 Å². The fourth-order valence-electron chi connectivity index (χ4n) is 2.29. The number of amides is 1. The number of nitrogens with one attached hydrogen (secondary N) is 1. The van der Waals surface area contributed by atoms with Gasteiger partial charge in [0.15, 0.2) is 0 Å². The van der Waals surface area contributed by atoms with E-state index in [-0.39, 0.29) is 24.7 Å². The number of benzene rings is 2. The summed E-state index contributed by atoms with van der Waals surface area (Å²) in [7, 11) is 0. The molecular weight excluding hydrogens is 324 g/mol. The summed E-state index contributed by atoms with van der Waals surface area (Å²) in [6.45, 7) is 3.81. The van der Waals surface area contributed by atoms with E-state index in [9.17, 15) is 20.0 Å². The van der Waals surface area contributed by atoms with Gasteiger partial charge in [0.05, 0.1) is 4.92 Å². The maximum Gasteiger partial charge on any atom is 0.269 e. The monoisotopic (exact) mass is 344 g/mol. The Labute approximate surface area is 145 Å². The number of carbonyl (C=O) groups excluding carboxylic acids is 1. The Morgan fingerprint density at radius 2 is 1.92 bits per heavy atom. The molecule has 0 heterocycles. The van der Waals surface area contributed by atoms with Crippen LogP contribution < -0.4 is 10.1 Å². The van der Waals surface area contributed by atoms with E-state index < -0.39 is 11.0 Å². The van der Waals surface area contributed by atoms with Crippen LogP contribution in [0.25, 0.3) is 0 Å². The summed E-state index contributed by atoms with van der Waals surface area (Å²) < 4.78 is 5.36. The molecule has 132 valence electrons. The Hall–Kier alpha value is -2.93. The number of aliphatic hydroxyl groups excluding tert-OH is 1. The van der Waals surface area contributed by atoms with Gasteiger partial charge < -0.3 is 15.2 Å². The minimum absolute atomic E-state index is 0.0337. The van der Waals surface area contributed by atoms with Crippen LogP contribution in [0.15, 0.2) is 42.5 Å². The highest BCUT2D eigenvalue weighted by Gasteiger charge is 2.12. The summed E-state index contributed by atoms with van der Waals surface area (Å²) in [6, 6.07) is 11.1. The van der Waals surface area contributed by atoms with Crippen molar-refractivity contribution < 1.29 is 19.6 Å². The molecule has 0 fully saturated rings. The van der Waals surface area contributed by atoms with Gasteiger partial charge in [0.25, 0.3) is 11.6 Å². The molecule has 2 aromatic carbocycles. The second-order valence-corrected chi connectivity index (χ2v) is 5.74. The lowest BCUT2D eigenvalue weighted by Gasteiger charge is -2.14. The predicted molar refractivity (Wildman–Crippen MR) is 92.8 cm³/mol. The third-order valence-electron chi connectivity index (χ3n) is 3.61. The van der Waals surface area contributed by atoms with Gasteiger partial charge in [-0.25, -0.2) is 0 Å². The number of nitro benzene ring substituents is 1. The summed E-state index contributed by atoms with van der Waals surface area (Å²) in [5.41, 5.74) is 2.47. The maximum absolute atomic E-state index is 12.1. The Morgan fingerprint density at radius 3 is 2.52 bits per heavy atom. The SMILES string of the molecule is Cc1ccc(C(=O)NC[C@@H](O)COc2ccc([N+](=O)[O-])cc2)c(C)c1. The summed E-state index contributed by atoms with van der Waals surface area (Å²) in [6.07, 6.45) is -0.898. The molecule has 0 aromatic heterocycles. The molecule has 0 spiro atoms. The first-order chi connectivity index (χ1) is 11.9. The Kier molecular flexibility index (Phi) is 6.08. The van der Waals surface area contributed by atoms with Gasteiger partial charge in [-0.1, -0.05) is 17.7 Å². The van der Waals surface area contributed by atoms with E-state index in [4.69, 9.17) is 4.74 Å². The van der Waals surface area contributed by atoms with Crippen molar-refractivity contribution in [3.8, 4) is 5.75 Å². The number of nitro groups is 1. The molecule has 0 unspecified atom stereocenters. The summed E-state index contributed by atoms with van der Waals surface area (Å²) >= 11 is 0. The summed E-state index contributed by atoms with van der Waals surface area (Å²) in [4.78, 5) is 22.2. The molecule has 0 aliphatic rings. The van der Waals surface area contributed by atoms with Crippen molar-refractivity contribution in [2.45, 2.75) is 20.0 Å². The van der Waals surface area contributed by atoms with E-state index in [1.54, 1.807) is 6.07 Å². The van der Waals surface area contributed by atoms with Crippen LogP contribution in [0.5, 0.6) is 5.75 Å². The van der Waals surface area contributed by atoms with Crippen LogP contribution in [-0.4, -0.2) is 35.2 Å². The maximum atomic E-state index is 12.1. The van der Waals surface area contributed by atoms with E-state index >= 15 is 0 Å². The highest BCUT2D eigenvalue weighted by atomic mass is 16.6. The number of carbonyl (C=O) groups is 1. The molecule has 7 nitrogen and oxygen atoms in total. The van der Waals surface area contributed by atoms with Gasteiger partial charge in [0, 0.05) is 24.2 Å². The van der Waals surface area contributed by atoms with E-state index in [1.807, 2.05) is 26.0 Å². The van der Waals surface area contributed by atoms with E-state index in [1.165, 1.54) is 24.3 Å². The molecule has 2 rings (SSSR count). The zero-order chi connectivity index (χ0) is 18.4. The topological polar surface area (TPSA) is 102 Å². The lowest BCUT2D eigenvalue weighted by molar-refractivity contribution is -0.384. The molecule has 2 N–H and O–H groups in total. The van der Waals surface area contributed by atoms with Crippen molar-refractivity contribution in [3.05, 3.63) is 69.3 Å². The second-order valence-electron chi connectivity index (χ2n) is 5.74. The molecule has 2 aromatic rings. The molecule has 0 saturated heterocycles. The predicted octanol–water partition coefficient (Wildman–Crippen LogP) is 2.38. The minimum Gasteiger partial charge on any atom is -0.491 e. The Bertz CT molecular complexity index is 759. The number of hydrogen-bond donors (Lipinski definition) is 2. The van der Waals surface area contributed by atoms with E-state index in [0.717, 1.165) is 11.1 Å². The van der Waals surface area contributed by atoms with Gasteiger partial charge in [0.2, 0.25) is 0 Å². The standard InChI is InChI=1S/C18H20N2O5/c1-12-3-8-17(13(2)9-12)18(22)19-10-15(21)11-25-16-6-4-14(5-7-16)20(23)24/h3-9,15,21H,10-11H2,1-2H3,(H,19,22)/t15-/m1/s1. The fourth-order valence-corrected chi connectivity index (χ4v) is 2.29. The van der Waals surface area contributed by atoms with Gasteiger partial charge >= 0.3 is 0 Å². The second kappa shape index (κ2) is 8.25. The van der Waals surface area contributed by atoms with Gasteiger partial charge in [-0.15, -0.1) is 0 Å². The van der Waals surface area contributed by atoms with Crippen molar-refractivity contribution >= 4 is 11.6 Å². The molecule has 0 bridgehead atoms. The summed E-state index contributed by atoms with van der Waals surface area (Å²) in [5.74, 6) is 0.150.